The summed E-state index contributed by atoms with van der Waals surface area (Å²) >= 11 is 0. The molecule has 0 unspecified atom stereocenters. The number of rotatable bonds is 2. The van der Waals surface area contributed by atoms with Crippen LogP contribution < -0.4 is 0 Å². The van der Waals surface area contributed by atoms with Crippen molar-refractivity contribution < 1.29 is 36.1 Å². The molecule has 0 aromatic heterocycles. The van der Waals surface area contributed by atoms with Crippen molar-refractivity contribution in [3.8, 4) is 5.75 Å². The number of phenolic OH excluding ortho intramolecular Hbond substituents is 1. The molecule has 0 aliphatic heterocycles. The molecule has 3 heteroatoms. The molecule has 78 valence electrons. The predicted molar refractivity (Wildman–Crippen MR) is 58.0 cm³/mol. The van der Waals surface area contributed by atoms with Gasteiger partial charge in [0.1, 0.15) is 5.75 Å². The van der Waals surface area contributed by atoms with Crippen molar-refractivity contribution in [3.63, 3.8) is 0 Å². The summed E-state index contributed by atoms with van der Waals surface area (Å²) in [5.74, 6) is 0.134. The molecule has 2 nitrogen and oxygen atoms in total. The summed E-state index contributed by atoms with van der Waals surface area (Å²) in [5.41, 5.74) is 1.24. The van der Waals surface area contributed by atoms with Gasteiger partial charge in [-0.3, -0.25) is 4.79 Å². The van der Waals surface area contributed by atoms with E-state index in [1.165, 1.54) is 12.1 Å². The standard InChI is InChI=1S/C13H10O2.Zr/c14-12-8-6-11(7-9-12)13(15)10-4-2-1-3-5-10;/h1-9,14H;. The second-order valence-corrected chi connectivity index (χ2v) is 3.24. The van der Waals surface area contributed by atoms with E-state index in [0.717, 1.165) is 0 Å². The van der Waals surface area contributed by atoms with E-state index in [2.05, 4.69) is 0 Å². The number of hydrogen-bond acceptors (Lipinski definition) is 2. The summed E-state index contributed by atoms with van der Waals surface area (Å²) in [6.45, 7) is 0. The average molecular weight is 289 g/mol. The van der Waals surface area contributed by atoms with Crippen LogP contribution >= 0.6 is 0 Å². The fourth-order valence-corrected chi connectivity index (χ4v) is 1.37. The van der Waals surface area contributed by atoms with Gasteiger partial charge in [0.15, 0.2) is 5.78 Å². The number of ketones is 1. The van der Waals surface area contributed by atoms with Gasteiger partial charge in [0, 0.05) is 37.3 Å². The number of aromatic hydroxyl groups is 1. The SMILES string of the molecule is O=C(c1ccccc1)c1ccc(O)cc1.[Zr]. The van der Waals surface area contributed by atoms with Crippen molar-refractivity contribution in [1.82, 2.24) is 0 Å². The Morgan fingerprint density at radius 2 is 1.31 bits per heavy atom. The Kier molecular flexibility index (Phi) is 4.63. The number of benzene rings is 2. The van der Waals surface area contributed by atoms with Crippen LogP contribution in [0.5, 0.6) is 5.75 Å². The molecule has 0 fully saturated rings. The van der Waals surface area contributed by atoms with Gasteiger partial charge in [-0.15, -0.1) is 0 Å². The van der Waals surface area contributed by atoms with Crippen LogP contribution in [0.15, 0.2) is 54.6 Å². The molecule has 0 heterocycles. The molecular weight excluding hydrogens is 279 g/mol. The van der Waals surface area contributed by atoms with Crippen molar-refractivity contribution in [1.29, 1.82) is 0 Å². The smallest absolute Gasteiger partial charge is 0.193 e. The third-order valence-electron chi connectivity index (χ3n) is 2.17. The Balaban J connectivity index is 0.00000128. The molecule has 16 heavy (non-hydrogen) atoms. The van der Waals surface area contributed by atoms with Crippen molar-refractivity contribution in [2.24, 2.45) is 0 Å². The summed E-state index contributed by atoms with van der Waals surface area (Å²) < 4.78 is 0. The van der Waals surface area contributed by atoms with Crippen LogP contribution in [0.25, 0.3) is 0 Å². The van der Waals surface area contributed by atoms with Crippen molar-refractivity contribution in [3.05, 3.63) is 65.7 Å². The van der Waals surface area contributed by atoms with Crippen LogP contribution in [0, 0.1) is 0 Å². The molecule has 0 amide bonds. The first-order valence-corrected chi connectivity index (χ1v) is 4.66. The molecule has 0 bridgehead atoms. The van der Waals surface area contributed by atoms with E-state index in [1.54, 1.807) is 24.3 Å². The number of phenols is 1. The van der Waals surface area contributed by atoms with Crippen LogP contribution in [-0.2, 0) is 26.2 Å². The van der Waals surface area contributed by atoms with Crippen LogP contribution in [0.3, 0.4) is 0 Å². The third kappa shape index (κ3) is 2.89. The van der Waals surface area contributed by atoms with Gasteiger partial charge >= 0.3 is 0 Å². The zero-order valence-electron chi connectivity index (χ0n) is 8.55. The minimum atomic E-state index is -0.0319. The predicted octanol–water partition coefficient (Wildman–Crippen LogP) is 2.62. The summed E-state index contributed by atoms with van der Waals surface area (Å²) in [4.78, 5) is 11.9. The number of hydrogen-bond donors (Lipinski definition) is 1. The van der Waals surface area contributed by atoms with Crippen LogP contribution in [0.4, 0.5) is 0 Å². The molecule has 0 aliphatic rings. The van der Waals surface area contributed by atoms with Crippen LogP contribution in [0.2, 0.25) is 0 Å². The summed E-state index contributed by atoms with van der Waals surface area (Å²) in [6, 6.07) is 15.3. The molecule has 0 saturated carbocycles. The van der Waals surface area contributed by atoms with Gasteiger partial charge in [-0.05, 0) is 24.3 Å². The molecule has 2 rings (SSSR count). The molecule has 0 aliphatic carbocycles. The van der Waals surface area contributed by atoms with E-state index >= 15 is 0 Å². The quantitative estimate of drug-likeness (QED) is 0.863. The first kappa shape index (κ1) is 12.9. The van der Waals surface area contributed by atoms with E-state index in [-0.39, 0.29) is 37.7 Å². The van der Waals surface area contributed by atoms with Gasteiger partial charge in [0.2, 0.25) is 0 Å². The monoisotopic (exact) mass is 288 g/mol. The first-order chi connectivity index (χ1) is 7.27. The molecule has 0 radical (unpaired) electrons. The van der Waals surface area contributed by atoms with Gasteiger partial charge in [-0.1, -0.05) is 30.3 Å². The second kappa shape index (κ2) is 5.76. The fourth-order valence-electron chi connectivity index (χ4n) is 1.37. The van der Waals surface area contributed by atoms with E-state index in [1.807, 2.05) is 18.2 Å². The number of carbonyl (C=O) groups is 1. The Morgan fingerprint density at radius 1 is 0.812 bits per heavy atom. The molecule has 2 aromatic rings. The van der Waals surface area contributed by atoms with Gasteiger partial charge in [-0.2, -0.15) is 0 Å². The minimum absolute atomic E-state index is 0. The molecule has 0 atom stereocenters. The summed E-state index contributed by atoms with van der Waals surface area (Å²) in [6.07, 6.45) is 0. The molecule has 0 spiro atoms. The average Bonchev–Trinajstić information content (AvgIpc) is 2.30. The largest absolute Gasteiger partial charge is 0.508 e. The van der Waals surface area contributed by atoms with Gasteiger partial charge < -0.3 is 5.11 Å². The number of carbonyl (C=O) groups excluding carboxylic acids is 1. The molecule has 2 aromatic carbocycles. The third-order valence-corrected chi connectivity index (χ3v) is 2.17. The van der Waals surface area contributed by atoms with Gasteiger partial charge in [0.05, 0.1) is 0 Å². The van der Waals surface area contributed by atoms with E-state index < -0.39 is 0 Å². The Morgan fingerprint density at radius 3 is 1.88 bits per heavy atom. The maximum atomic E-state index is 11.9. The van der Waals surface area contributed by atoms with Crippen molar-refractivity contribution >= 4 is 5.78 Å². The second-order valence-electron chi connectivity index (χ2n) is 3.24. The molecule has 1 N–H and O–H groups in total. The maximum absolute atomic E-state index is 11.9. The Labute approximate surface area is 113 Å². The minimum Gasteiger partial charge on any atom is -0.508 e. The topological polar surface area (TPSA) is 37.3 Å². The van der Waals surface area contributed by atoms with Crippen LogP contribution in [-0.4, -0.2) is 10.9 Å². The Bertz CT molecular complexity index is 463. The van der Waals surface area contributed by atoms with Gasteiger partial charge in [0.25, 0.3) is 0 Å². The fraction of sp³-hybridized carbons (Fsp3) is 0. The van der Waals surface area contributed by atoms with Crippen LogP contribution in [0.1, 0.15) is 15.9 Å². The summed E-state index contributed by atoms with van der Waals surface area (Å²) in [7, 11) is 0. The van der Waals surface area contributed by atoms with Gasteiger partial charge in [-0.25, -0.2) is 0 Å². The van der Waals surface area contributed by atoms with E-state index in [4.69, 9.17) is 5.11 Å². The normalized spacial score (nSPS) is 9.25. The first-order valence-electron chi connectivity index (χ1n) is 4.66. The van der Waals surface area contributed by atoms with E-state index in [0.29, 0.717) is 11.1 Å². The summed E-state index contributed by atoms with van der Waals surface area (Å²) in [5, 5.41) is 9.10. The van der Waals surface area contributed by atoms with Crippen molar-refractivity contribution in [2.45, 2.75) is 0 Å². The Hall–Kier alpha value is -1.21. The maximum Gasteiger partial charge on any atom is 0.193 e. The van der Waals surface area contributed by atoms with E-state index in [9.17, 15) is 4.79 Å². The molecular formula is C13H10O2Zr. The zero-order valence-corrected chi connectivity index (χ0v) is 11.0. The van der Waals surface area contributed by atoms with Crippen molar-refractivity contribution in [2.75, 3.05) is 0 Å². The molecule has 0 saturated heterocycles. The zero-order chi connectivity index (χ0) is 10.7.